The van der Waals surface area contributed by atoms with Crippen molar-refractivity contribution in [1.29, 1.82) is 0 Å². The number of ether oxygens (including phenoxy) is 1. The number of benzene rings is 2. The SMILES string of the molecule is Cl.Cl.Cn1c2c(c3ccc(-n4ccc(OCc5ccccc5)cc4=O)cc31)CN(CC(F)(F)F)CC2. The van der Waals surface area contributed by atoms with Crippen molar-refractivity contribution in [3.05, 3.63) is 94.0 Å². The summed E-state index contributed by atoms with van der Waals surface area (Å²) in [5, 5.41) is 0.920. The summed E-state index contributed by atoms with van der Waals surface area (Å²) in [6.07, 6.45) is -1.98. The van der Waals surface area contributed by atoms with E-state index in [1.807, 2.05) is 60.1 Å². The minimum Gasteiger partial charge on any atom is -0.489 e. The van der Waals surface area contributed by atoms with Crippen molar-refractivity contribution in [2.24, 2.45) is 7.05 Å². The Balaban J connectivity index is 0.00000180. The fourth-order valence-corrected chi connectivity index (χ4v) is 4.66. The highest BCUT2D eigenvalue weighted by atomic mass is 35.5. The fourth-order valence-electron chi connectivity index (χ4n) is 4.66. The summed E-state index contributed by atoms with van der Waals surface area (Å²) in [5.74, 6) is 0.491. The van der Waals surface area contributed by atoms with E-state index in [4.69, 9.17) is 4.74 Å². The van der Waals surface area contributed by atoms with E-state index in [0.717, 1.165) is 27.7 Å². The molecule has 10 heteroatoms. The molecule has 0 N–H and O–H groups in total. The topological polar surface area (TPSA) is 39.4 Å². The smallest absolute Gasteiger partial charge is 0.401 e. The van der Waals surface area contributed by atoms with Crippen LogP contribution < -0.4 is 10.3 Å². The Morgan fingerprint density at radius 1 is 1.00 bits per heavy atom. The molecule has 36 heavy (non-hydrogen) atoms. The molecule has 0 atom stereocenters. The average Bonchev–Trinajstić information content (AvgIpc) is 3.08. The van der Waals surface area contributed by atoms with Gasteiger partial charge < -0.3 is 9.30 Å². The normalized spacial score (nSPS) is 13.6. The minimum absolute atomic E-state index is 0. The molecule has 3 heterocycles. The molecule has 1 aliphatic heterocycles. The van der Waals surface area contributed by atoms with Crippen molar-refractivity contribution in [2.45, 2.75) is 25.7 Å². The van der Waals surface area contributed by atoms with Gasteiger partial charge in [0.15, 0.2) is 0 Å². The van der Waals surface area contributed by atoms with E-state index in [-0.39, 0.29) is 36.9 Å². The predicted octanol–water partition coefficient (Wildman–Crippen LogP) is 5.67. The summed E-state index contributed by atoms with van der Waals surface area (Å²) < 4.78 is 48.0. The zero-order valence-electron chi connectivity index (χ0n) is 19.5. The largest absolute Gasteiger partial charge is 0.489 e. The molecule has 0 bridgehead atoms. The lowest BCUT2D eigenvalue weighted by molar-refractivity contribution is -0.147. The van der Waals surface area contributed by atoms with Crippen LogP contribution in [0.15, 0.2) is 71.7 Å². The van der Waals surface area contributed by atoms with Gasteiger partial charge in [-0.05, 0) is 29.3 Å². The molecular weight excluding hydrogens is 514 g/mol. The van der Waals surface area contributed by atoms with E-state index in [1.165, 1.54) is 15.5 Å². The van der Waals surface area contributed by atoms with E-state index < -0.39 is 12.7 Å². The quantitative estimate of drug-likeness (QED) is 0.328. The molecule has 1 aliphatic rings. The van der Waals surface area contributed by atoms with Gasteiger partial charge in [0.1, 0.15) is 12.4 Å². The molecule has 5 rings (SSSR count). The molecule has 0 unspecified atom stereocenters. The average molecular weight is 540 g/mol. The molecule has 2 aromatic heterocycles. The van der Waals surface area contributed by atoms with Gasteiger partial charge in [-0.15, -0.1) is 24.8 Å². The van der Waals surface area contributed by atoms with Crippen LogP contribution in [-0.4, -0.2) is 33.3 Å². The van der Waals surface area contributed by atoms with Gasteiger partial charge in [-0.3, -0.25) is 14.3 Å². The standard InChI is InChI=1S/C26H24F3N3O2.2ClH/c1-30-23-10-11-31(17-26(27,28)29)15-22(23)21-8-7-19(13-24(21)30)32-12-9-20(14-25(32)33)34-16-18-5-3-2-4-6-18;;/h2-9,12-14H,10-11,15-17H2,1H3;2*1H. The van der Waals surface area contributed by atoms with Crippen LogP contribution in [0.4, 0.5) is 13.2 Å². The molecule has 192 valence electrons. The van der Waals surface area contributed by atoms with E-state index in [1.54, 1.807) is 12.3 Å². The first kappa shape index (κ1) is 27.6. The van der Waals surface area contributed by atoms with E-state index in [9.17, 15) is 18.0 Å². The summed E-state index contributed by atoms with van der Waals surface area (Å²) in [5.41, 5.74) is 4.35. The number of alkyl halides is 3. The number of hydrogen-bond donors (Lipinski definition) is 0. The van der Waals surface area contributed by atoms with Crippen molar-refractivity contribution in [3.8, 4) is 11.4 Å². The van der Waals surface area contributed by atoms with E-state index in [0.29, 0.717) is 31.0 Å². The van der Waals surface area contributed by atoms with Crippen LogP contribution in [0.3, 0.4) is 0 Å². The molecule has 0 radical (unpaired) electrons. The van der Waals surface area contributed by atoms with Gasteiger partial charge in [-0.25, -0.2) is 0 Å². The Kier molecular flexibility index (Phi) is 8.44. The number of rotatable bonds is 5. The van der Waals surface area contributed by atoms with Crippen LogP contribution >= 0.6 is 24.8 Å². The molecule has 0 spiro atoms. The monoisotopic (exact) mass is 539 g/mol. The highest BCUT2D eigenvalue weighted by Crippen LogP contribution is 2.32. The third-order valence-electron chi connectivity index (χ3n) is 6.29. The highest BCUT2D eigenvalue weighted by Gasteiger charge is 2.33. The molecule has 0 fully saturated rings. The number of fused-ring (bicyclic) bond motifs is 3. The van der Waals surface area contributed by atoms with Gasteiger partial charge in [0, 0.05) is 49.9 Å². The van der Waals surface area contributed by atoms with Gasteiger partial charge in [0.05, 0.1) is 17.7 Å². The van der Waals surface area contributed by atoms with Gasteiger partial charge in [0.2, 0.25) is 0 Å². The summed E-state index contributed by atoms with van der Waals surface area (Å²) in [4.78, 5) is 14.2. The van der Waals surface area contributed by atoms with Gasteiger partial charge in [-0.1, -0.05) is 36.4 Å². The highest BCUT2D eigenvalue weighted by molar-refractivity contribution is 5.87. The minimum atomic E-state index is -4.21. The third-order valence-corrected chi connectivity index (χ3v) is 6.29. The van der Waals surface area contributed by atoms with Gasteiger partial charge >= 0.3 is 6.18 Å². The lowest BCUT2D eigenvalue weighted by Gasteiger charge is -2.28. The first-order valence-electron chi connectivity index (χ1n) is 11.1. The number of nitrogens with zero attached hydrogens (tertiary/aromatic N) is 3. The summed E-state index contributed by atoms with van der Waals surface area (Å²) in [6.45, 7) is 0.0951. The Bertz CT molecular complexity index is 1400. The number of pyridine rings is 1. The first-order valence-corrected chi connectivity index (χ1v) is 11.1. The van der Waals surface area contributed by atoms with Crippen LogP contribution in [-0.2, 0) is 26.6 Å². The zero-order chi connectivity index (χ0) is 23.9. The fraction of sp³-hybridized carbons (Fsp3) is 0.269. The number of aryl methyl sites for hydroxylation is 1. The second-order valence-corrected chi connectivity index (χ2v) is 8.61. The van der Waals surface area contributed by atoms with E-state index in [2.05, 4.69) is 0 Å². The molecule has 0 saturated heterocycles. The lowest BCUT2D eigenvalue weighted by atomic mass is 10.0. The second kappa shape index (κ2) is 11.0. The van der Waals surface area contributed by atoms with Crippen LogP contribution in [0, 0.1) is 0 Å². The molecular formula is C26H26Cl2F3N3O2. The second-order valence-electron chi connectivity index (χ2n) is 8.61. The number of aromatic nitrogens is 2. The summed E-state index contributed by atoms with van der Waals surface area (Å²) in [6, 6.07) is 18.6. The maximum absolute atomic E-state index is 12.9. The molecule has 0 saturated carbocycles. The van der Waals surface area contributed by atoms with Crippen LogP contribution in [0.2, 0.25) is 0 Å². The van der Waals surface area contributed by atoms with Crippen LogP contribution in [0.25, 0.3) is 16.6 Å². The zero-order valence-corrected chi connectivity index (χ0v) is 21.1. The molecule has 0 amide bonds. The molecule has 4 aromatic rings. The van der Waals surface area contributed by atoms with Gasteiger partial charge in [-0.2, -0.15) is 13.2 Å². The Morgan fingerprint density at radius 2 is 1.75 bits per heavy atom. The number of halogens is 5. The maximum Gasteiger partial charge on any atom is 0.401 e. The van der Waals surface area contributed by atoms with Crippen molar-refractivity contribution in [1.82, 2.24) is 14.0 Å². The maximum atomic E-state index is 12.9. The molecule has 5 nitrogen and oxygen atoms in total. The number of hydrogen-bond acceptors (Lipinski definition) is 3. The first-order chi connectivity index (χ1) is 16.3. The van der Waals surface area contributed by atoms with Gasteiger partial charge in [0.25, 0.3) is 5.56 Å². The molecule has 0 aliphatic carbocycles. The van der Waals surface area contributed by atoms with Crippen LogP contribution in [0.5, 0.6) is 5.75 Å². The summed E-state index contributed by atoms with van der Waals surface area (Å²) >= 11 is 0. The third kappa shape index (κ3) is 5.72. The van der Waals surface area contributed by atoms with Crippen molar-refractivity contribution >= 4 is 35.7 Å². The molecule has 2 aromatic carbocycles. The van der Waals surface area contributed by atoms with E-state index >= 15 is 0 Å². The van der Waals surface area contributed by atoms with Crippen molar-refractivity contribution in [2.75, 3.05) is 13.1 Å². The van der Waals surface area contributed by atoms with Crippen molar-refractivity contribution < 1.29 is 17.9 Å². The predicted molar refractivity (Wildman–Crippen MR) is 139 cm³/mol. The lowest BCUT2D eigenvalue weighted by Crippen LogP contribution is -2.38. The van der Waals surface area contributed by atoms with Crippen molar-refractivity contribution in [3.63, 3.8) is 0 Å². The Labute approximate surface area is 218 Å². The summed E-state index contributed by atoms with van der Waals surface area (Å²) in [7, 11) is 1.92. The Hall–Kier alpha value is -2.94. The Morgan fingerprint density at radius 3 is 2.44 bits per heavy atom. The van der Waals surface area contributed by atoms with Crippen LogP contribution in [0.1, 0.15) is 16.8 Å².